The van der Waals surface area contributed by atoms with Crippen molar-refractivity contribution in [2.45, 2.75) is 6.17 Å². The molecule has 1 atom stereocenters. The molecule has 2 aromatic rings. The molecule has 5 nitrogen and oxygen atoms in total. The van der Waals surface area contributed by atoms with Crippen molar-refractivity contribution in [3.8, 4) is 0 Å². The van der Waals surface area contributed by atoms with Gasteiger partial charge in [0, 0.05) is 23.8 Å². The first-order valence-corrected chi connectivity index (χ1v) is 6.14. The lowest BCUT2D eigenvalue weighted by Crippen LogP contribution is -2.45. The van der Waals surface area contributed by atoms with E-state index in [0.717, 1.165) is 5.56 Å². The molecule has 1 aromatic heterocycles. The minimum atomic E-state index is -0.330. The molecule has 1 N–H and O–H groups in total. The maximum Gasteiger partial charge on any atom is 0.258 e. The van der Waals surface area contributed by atoms with Crippen molar-refractivity contribution >= 4 is 23.3 Å². The van der Waals surface area contributed by atoms with E-state index < -0.39 is 0 Å². The molecule has 1 unspecified atom stereocenters. The summed E-state index contributed by atoms with van der Waals surface area (Å²) in [5, 5.41) is 3.51. The number of aromatic nitrogens is 2. The number of nitrogens with zero attached hydrogens (tertiary/aromatic N) is 3. The number of nitrogens with one attached hydrogen (secondary N) is 1. The number of anilines is 1. The first kappa shape index (κ1) is 11.9. The van der Waals surface area contributed by atoms with Gasteiger partial charge in [0.1, 0.15) is 23.9 Å². The molecule has 1 aliphatic heterocycles. The minimum absolute atomic E-state index is 0.196. The molecule has 0 saturated carbocycles. The van der Waals surface area contributed by atoms with Crippen molar-refractivity contribution in [2.75, 3.05) is 11.9 Å². The largest absolute Gasteiger partial charge is 0.335 e. The van der Waals surface area contributed by atoms with Gasteiger partial charge in [-0.1, -0.05) is 29.8 Å². The fraction of sp³-hybridized carbons (Fsp3) is 0.154. The van der Waals surface area contributed by atoms with Crippen LogP contribution in [0.1, 0.15) is 22.1 Å². The van der Waals surface area contributed by atoms with Gasteiger partial charge < -0.3 is 10.2 Å². The van der Waals surface area contributed by atoms with Gasteiger partial charge in [-0.2, -0.15) is 0 Å². The van der Waals surface area contributed by atoms with Crippen LogP contribution in [-0.4, -0.2) is 22.9 Å². The molecule has 0 spiro atoms. The SMILES string of the molecule is CN1c2ncncc2C(=O)NC1c1ccccc1Cl. The second-order valence-electron chi connectivity index (χ2n) is 4.27. The predicted octanol–water partition coefficient (Wildman–Crippen LogP) is 2.01. The van der Waals surface area contributed by atoms with Gasteiger partial charge >= 0.3 is 0 Å². The van der Waals surface area contributed by atoms with Crippen LogP contribution < -0.4 is 10.2 Å². The van der Waals surface area contributed by atoms with Crippen molar-refractivity contribution in [3.05, 3.63) is 52.9 Å². The van der Waals surface area contributed by atoms with Gasteiger partial charge in [-0.25, -0.2) is 9.97 Å². The molecule has 1 amide bonds. The molecule has 2 heterocycles. The van der Waals surface area contributed by atoms with E-state index in [0.29, 0.717) is 16.4 Å². The van der Waals surface area contributed by atoms with Crippen LogP contribution in [0.4, 0.5) is 5.82 Å². The third kappa shape index (κ3) is 1.92. The highest BCUT2D eigenvalue weighted by Crippen LogP contribution is 2.32. The molecule has 0 bridgehead atoms. The minimum Gasteiger partial charge on any atom is -0.335 e. The number of hydrogen-bond donors (Lipinski definition) is 1. The second-order valence-corrected chi connectivity index (χ2v) is 4.68. The smallest absolute Gasteiger partial charge is 0.258 e. The van der Waals surface area contributed by atoms with Crippen LogP contribution in [-0.2, 0) is 0 Å². The number of halogens is 1. The number of hydrogen-bond acceptors (Lipinski definition) is 4. The Balaban J connectivity index is 2.08. The molecular weight excluding hydrogens is 264 g/mol. The van der Waals surface area contributed by atoms with Crippen LogP contribution in [0.5, 0.6) is 0 Å². The summed E-state index contributed by atoms with van der Waals surface area (Å²) in [5.74, 6) is 0.405. The van der Waals surface area contributed by atoms with E-state index in [-0.39, 0.29) is 12.1 Å². The molecule has 0 saturated heterocycles. The Kier molecular flexibility index (Phi) is 2.83. The maximum atomic E-state index is 12.1. The zero-order valence-electron chi connectivity index (χ0n) is 10.2. The van der Waals surface area contributed by atoms with Crippen molar-refractivity contribution in [2.24, 2.45) is 0 Å². The first-order valence-electron chi connectivity index (χ1n) is 5.76. The Labute approximate surface area is 115 Å². The zero-order chi connectivity index (χ0) is 13.4. The normalized spacial score (nSPS) is 17.9. The highest BCUT2D eigenvalue weighted by atomic mass is 35.5. The Morgan fingerprint density at radius 2 is 2.16 bits per heavy atom. The predicted molar refractivity (Wildman–Crippen MR) is 72.1 cm³/mol. The van der Waals surface area contributed by atoms with Crippen LogP contribution in [0.3, 0.4) is 0 Å². The topological polar surface area (TPSA) is 58.1 Å². The van der Waals surface area contributed by atoms with E-state index in [1.54, 1.807) is 6.07 Å². The second kappa shape index (κ2) is 4.51. The molecule has 0 fully saturated rings. The van der Waals surface area contributed by atoms with E-state index in [2.05, 4.69) is 15.3 Å². The van der Waals surface area contributed by atoms with Gasteiger partial charge in [0.15, 0.2) is 0 Å². The van der Waals surface area contributed by atoms with Crippen LogP contribution >= 0.6 is 11.6 Å². The third-order valence-corrected chi connectivity index (χ3v) is 3.47. The lowest BCUT2D eigenvalue weighted by Gasteiger charge is -2.35. The molecule has 0 aliphatic carbocycles. The van der Waals surface area contributed by atoms with E-state index in [4.69, 9.17) is 11.6 Å². The monoisotopic (exact) mass is 274 g/mol. The molecule has 1 aliphatic rings. The summed E-state index contributed by atoms with van der Waals surface area (Å²) < 4.78 is 0. The van der Waals surface area contributed by atoms with Gasteiger partial charge in [0.2, 0.25) is 0 Å². The van der Waals surface area contributed by atoms with E-state index >= 15 is 0 Å². The number of fused-ring (bicyclic) bond motifs is 1. The van der Waals surface area contributed by atoms with Crippen LogP contribution in [0.25, 0.3) is 0 Å². The fourth-order valence-corrected chi connectivity index (χ4v) is 2.41. The summed E-state index contributed by atoms with van der Waals surface area (Å²) in [6.07, 6.45) is 2.61. The average molecular weight is 275 g/mol. The standard InChI is InChI=1S/C13H11ClN4O/c1-18-11-9(6-15-7-16-11)13(19)17-12(18)8-4-2-3-5-10(8)14/h2-7,12H,1H3,(H,17,19). The van der Waals surface area contributed by atoms with Gasteiger partial charge in [-0.05, 0) is 6.07 Å². The van der Waals surface area contributed by atoms with Crippen LogP contribution in [0.2, 0.25) is 5.02 Å². The highest BCUT2D eigenvalue weighted by molar-refractivity contribution is 6.31. The quantitative estimate of drug-likeness (QED) is 0.864. The van der Waals surface area contributed by atoms with Gasteiger partial charge in [-0.3, -0.25) is 4.79 Å². The Morgan fingerprint density at radius 1 is 1.37 bits per heavy atom. The summed E-state index contributed by atoms with van der Waals surface area (Å²) in [6.45, 7) is 0. The number of rotatable bonds is 1. The Hall–Kier alpha value is -2.14. The molecule has 96 valence electrons. The number of amides is 1. The molecule has 6 heteroatoms. The molecule has 0 radical (unpaired) electrons. The maximum absolute atomic E-state index is 12.1. The van der Waals surface area contributed by atoms with E-state index in [9.17, 15) is 4.79 Å². The van der Waals surface area contributed by atoms with Crippen molar-refractivity contribution in [3.63, 3.8) is 0 Å². The van der Waals surface area contributed by atoms with Gasteiger partial charge in [0.25, 0.3) is 5.91 Å². The van der Waals surface area contributed by atoms with Crippen LogP contribution in [0, 0.1) is 0 Å². The number of carbonyl (C=O) groups excluding carboxylic acids is 1. The van der Waals surface area contributed by atoms with E-state index in [1.807, 2.05) is 30.1 Å². The molecule has 3 rings (SSSR count). The van der Waals surface area contributed by atoms with Gasteiger partial charge in [0.05, 0.1) is 0 Å². The van der Waals surface area contributed by atoms with Crippen molar-refractivity contribution < 1.29 is 4.79 Å². The lowest BCUT2D eigenvalue weighted by molar-refractivity contribution is 0.0926. The summed E-state index contributed by atoms with van der Waals surface area (Å²) in [5.41, 5.74) is 1.30. The van der Waals surface area contributed by atoms with Gasteiger partial charge in [-0.15, -0.1) is 0 Å². The van der Waals surface area contributed by atoms with Crippen molar-refractivity contribution in [1.82, 2.24) is 15.3 Å². The van der Waals surface area contributed by atoms with Crippen LogP contribution in [0.15, 0.2) is 36.8 Å². The van der Waals surface area contributed by atoms with Crippen molar-refractivity contribution in [1.29, 1.82) is 0 Å². The highest BCUT2D eigenvalue weighted by Gasteiger charge is 2.31. The molecule has 1 aromatic carbocycles. The molecular formula is C13H11ClN4O. The average Bonchev–Trinajstić information content (AvgIpc) is 2.44. The Bertz CT molecular complexity index is 646. The Morgan fingerprint density at radius 3 is 2.95 bits per heavy atom. The fourth-order valence-electron chi connectivity index (χ4n) is 2.17. The first-order chi connectivity index (χ1) is 9.18. The molecule has 19 heavy (non-hydrogen) atoms. The summed E-state index contributed by atoms with van der Waals surface area (Å²) >= 11 is 6.19. The third-order valence-electron chi connectivity index (χ3n) is 3.12. The number of carbonyl (C=O) groups is 1. The summed E-state index contributed by atoms with van der Waals surface area (Å²) in [4.78, 5) is 22.0. The van der Waals surface area contributed by atoms with E-state index in [1.165, 1.54) is 12.5 Å². The lowest BCUT2D eigenvalue weighted by atomic mass is 10.1. The number of benzene rings is 1. The zero-order valence-corrected chi connectivity index (χ0v) is 10.9. The summed E-state index contributed by atoms with van der Waals surface area (Å²) in [7, 11) is 1.86. The summed E-state index contributed by atoms with van der Waals surface area (Å²) in [6, 6.07) is 7.42.